The molecule has 2 rings (SSSR count). The van der Waals surface area contributed by atoms with Gasteiger partial charge in [-0.15, -0.1) is 0 Å². The molecule has 0 unspecified atom stereocenters. The average Bonchev–Trinajstić information content (AvgIpc) is 2.59. The number of nitriles is 1. The lowest BCUT2D eigenvalue weighted by atomic mass is 10.2. The highest BCUT2D eigenvalue weighted by Crippen LogP contribution is 2.25. The quantitative estimate of drug-likeness (QED) is 0.782. The van der Waals surface area contributed by atoms with Crippen LogP contribution in [0, 0.1) is 23.0 Å². The van der Waals surface area contributed by atoms with Crippen LogP contribution in [0.5, 0.6) is 11.5 Å². The first kappa shape index (κ1) is 17.1. The van der Waals surface area contributed by atoms with E-state index in [4.69, 9.17) is 14.7 Å². The third kappa shape index (κ3) is 3.94. The van der Waals surface area contributed by atoms with Crippen LogP contribution >= 0.6 is 0 Å². The van der Waals surface area contributed by atoms with Crippen molar-refractivity contribution in [3.63, 3.8) is 0 Å². The molecule has 2 aromatic rings. The van der Waals surface area contributed by atoms with Gasteiger partial charge in [0.2, 0.25) is 0 Å². The Morgan fingerprint density at radius 1 is 1.12 bits per heavy atom. The van der Waals surface area contributed by atoms with E-state index < -0.39 is 11.6 Å². The molecule has 0 N–H and O–H groups in total. The minimum Gasteiger partial charge on any atom is -0.497 e. The van der Waals surface area contributed by atoms with Crippen molar-refractivity contribution in [1.82, 2.24) is 0 Å². The molecule has 0 bridgehead atoms. The first-order chi connectivity index (χ1) is 11.6. The maximum absolute atomic E-state index is 13.6. The highest BCUT2D eigenvalue weighted by Gasteiger charge is 2.10. The van der Waals surface area contributed by atoms with Crippen molar-refractivity contribution >= 4 is 11.7 Å². The van der Waals surface area contributed by atoms with E-state index in [-0.39, 0.29) is 17.8 Å². The second-order valence-corrected chi connectivity index (χ2v) is 4.60. The van der Waals surface area contributed by atoms with E-state index in [1.54, 1.807) is 31.4 Å². The summed E-state index contributed by atoms with van der Waals surface area (Å²) in [5.74, 6) is -0.579. The molecular weight excluding hydrogens is 316 g/mol. The van der Waals surface area contributed by atoms with E-state index in [1.807, 2.05) is 0 Å². The first-order valence-corrected chi connectivity index (χ1v) is 6.81. The van der Waals surface area contributed by atoms with Crippen LogP contribution in [0.25, 0.3) is 0 Å². The summed E-state index contributed by atoms with van der Waals surface area (Å²) in [6, 6.07) is 10.8. The van der Waals surface area contributed by atoms with Crippen molar-refractivity contribution in [2.45, 2.75) is 6.54 Å². The molecule has 0 saturated carbocycles. The second-order valence-electron chi connectivity index (χ2n) is 4.60. The van der Waals surface area contributed by atoms with Crippen molar-refractivity contribution in [2.24, 2.45) is 9.98 Å². The Kier molecular flexibility index (Phi) is 5.61. The van der Waals surface area contributed by atoms with Crippen molar-refractivity contribution in [1.29, 1.82) is 5.26 Å². The van der Waals surface area contributed by atoms with Gasteiger partial charge in [-0.3, -0.25) is 0 Å². The van der Waals surface area contributed by atoms with Gasteiger partial charge in [-0.2, -0.15) is 10.3 Å². The van der Waals surface area contributed by atoms with Gasteiger partial charge >= 0.3 is 0 Å². The van der Waals surface area contributed by atoms with Gasteiger partial charge in [0.15, 0.2) is 5.82 Å². The molecule has 0 aromatic heterocycles. The summed E-state index contributed by atoms with van der Waals surface area (Å²) in [5.41, 5.74) is 0.225. The van der Waals surface area contributed by atoms with Crippen LogP contribution in [0.2, 0.25) is 0 Å². The van der Waals surface area contributed by atoms with Gasteiger partial charge < -0.3 is 9.47 Å². The van der Waals surface area contributed by atoms with E-state index in [2.05, 4.69) is 16.0 Å². The molecule has 5 nitrogen and oxygen atoms in total. The Bertz CT molecular complexity index is 854. The summed E-state index contributed by atoms with van der Waals surface area (Å²) in [6.45, 7) is 0.182. The van der Waals surface area contributed by atoms with Crippen LogP contribution in [0.4, 0.5) is 14.5 Å². The molecule has 24 heavy (non-hydrogen) atoms. The lowest BCUT2D eigenvalue weighted by molar-refractivity contribution is 0.391. The lowest BCUT2D eigenvalue weighted by Gasteiger charge is -2.07. The first-order valence-electron chi connectivity index (χ1n) is 6.81. The zero-order valence-corrected chi connectivity index (χ0v) is 13.0. The highest BCUT2D eigenvalue weighted by molar-refractivity contribution is 5.61. The predicted molar refractivity (Wildman–Crippen MR) is 83.8 cm³/mol. The maximum Gasteiger partial charge on any atom is 0.153 e. The molecule has 2 aromatic carbocycles. The fourth-order valence-electron chi connectivity index (χ4n) is 1.95. The zero-order valence-electron chi connectivity index (χ0n) is 13.0. The van der Waals surface area contributed by atoms with E-state index in [0.717, 1.165) is 11.6 Å². The van der Waals surface area contributed by atoms with Crippen LogP contribution in [0.1, 0.15) is 11.1 Å². The third-order valence-electron chi connectivity index (χ3n) is 3.12. The highest BCUT2D eigenvalue weighted by atomic mass is 19.1. The number of halogens is 2. The smallest absolute Gasteiger partial charge is 0.153 e. The summed E-state index contributed by atoms with van der Waals surface area (Å²) >= 11 is 0. The summed E-state index contributed by atoms with van der Waals surface area (Å²) in [7, 11) is 3.06. The van der Waals surface area contributed by atoms with Crippen LogP contribution in [0.3, 0.4) is 0 Å². The topological polar surface area (TPSA) is 67.0 Å². The molecule has 0 atom stereocenters. The van der Waals surface area contributed by atoms with Crippen LogP contribution in [0.15, 0.2) is 40.3 Å². The molecule has 0 amide bonds. The number of hydrogen-bond acceptors (Lipinski definition) is 5. The Morgan fingerprint density at radius 3 is 2.58 bits per heavy atom. The molecule has 0 saturated heterocycles. The fraction of sp³-hybridized carbons (Fsp3) is 0.176. The molecule has 0 aliphatic heterocycles. The third-order valence-corrected chi connectivity index (χ3v) is 3.12. The van der Waals surface area contributed by atoms with E-state index >= 15 is 0 Å². The van der Waals surface area contributed by atoms with Gasteiger partial charge in [-0.05, 0) is 18.2 Å². The van der Waals surface area contributed by atoms with E-state index in [9.17, 15) is 8.78 Å². The van der Waals surface area contributed by atoms with Crippen molar-refractivity contribution in [3.8, 4) is 17.6 Å². The van der Waals surface area contributed by atoms with Crippen molar-refractivity contribution in [2.75, 3.05) is 14.2 Å². The molecule has 0 aliphatic rings. The number of benzene rings is 2. The number of hydrogen-bond donors (Lipinski definition) is 0. The van der Waals surface area contributed by atoms with E-state index in [0.29, 0.717) is 17.6 Å². The van der Waals surface area contributed by atoms with Gasteiger partial charge in [-0.1, -0.05) is 0 Å². The SMILES string of the molecule is COc1ccc(CN=C=Nc2c(F)cc(F)cc2C#N)c(OC)c1. The number of rotatable bonds is 5. The number of aliphatic imine (C=N–C) groups is 2. The largest absolute Gasteiger partial charge is 0.497 e. The standard InChI is InChI=1S/C17H13F2N3O2/c1-23-14-4-3-11(16(7-14)24-2)9-21-10-22-17-12(8-20)5-13(18)6-15(17)19/h3-7H,9H2,1-2H3. The Balaban J connectivity index is 2.24. The summed E-state index contributed by atoms with van der Waals surface area (Å²) in [4.78, 5) is 7.61. The second kappa shape index (κ2) is 7.86. The molecule has 0 spiro atoms. The summed E-state index contributed by atoms with van der Waals surface area (Å²) in [5, 5.41) is 8.89. The molecule has 122 valence electrons. The monoisotopic (exact) mass is 329 g/mol. The minimum absolute atomic E-state index is 0.182. The molecule has 7 heteroatoms. The van der Waals surface area contributed by atoms with Crippen LogP contribution < -0.4 is 9.47 Å². The predicted octanol–water partition coefficient (Wildman–Crippen LogP) is 3.86. The molecule has 0 fully saturated rings. The molecule has 0 radical (unpaired) electrons. The van der Waals surface area contributed by atoms with Gasteiger partial charge in [0.1, 0.15) is 29.1 Å². The molecular formula is C17H13F2N3O2. The van der Waals surface area contributed by atoms with Crippen LogP contribution in [-0.2, 0) is 6.54 Å². The summed E-state index contributed by atoms with van der Waals surface area (Å²) in [6.07, 6.45) is 0. The average molecular weight is 329 g/mol. The normalized spacial score (nSPS) is 9.62. The van der Waals surface area contributed by atoms with Crippen molar-refractivity contribution < 1.29 is 18.3 Å². The summed E-state index contributed by atoms with van der Waals surface area (Å²) < 4.78 is 37.0. The van der Waals surface area contributed by atoms with E-state index in [1.165, 1.54) is 7.11 Å². The van der Waals surface area contributed by atoms with Gasteiger partial charge in [0, 0.05) is 17.7 Å². The fourth-order valence-corrected chi connectivity index (χ4v) is 1.95. The van der Waals surface area contributed by atoms with Crippen molar-refractivity contribution in [3.05, 3.63) is 53.1 Å². The Morgan fingerprint density at radius 2 is 1.92 bits per heavy atom. The Hall–Kier alpha value is -3.23. The number of nitrogens with zero attached hydrogens (tertiary/aromatic N) is 3. The minimum atomic E-state index is -0.948. The van der Waals surface area contributed by atoms with Gasteiger partial charge in [0.25, 0.3) is 0 Å². The zero-order chi connectivity index (χ0) is 17.5. The lowest BCUT2D eigenvalue weighted by Crippen LogP contribution is -1.92. The van der Waals surface area contributed by atoms with Crippen LogP contribution in [-0.4, -0.2) is 20.2 Å². The Labute approximate surface area is 137 Å². The molecule has 0 aliphatic carbocycles. The molecule has 0 heterocycles. The maximum atomic E-state index is 13.6. The van der Waals surface area contributed by atoms with Gasteiger partial charge in [-0.25, -0.2) is 13.8 Å². The number of ether oxygens (including phenoxy) is 2. The van der Waals surface area contributed by atoms with Gasteiger partial charge in [0.05, 0.1) is 32.3 Å². The number of methoxy groups -OCH3 is 2.